The molecule has 4 nitrogen and oxygen atoms in total. The molecule has 1 N–H and O–H groups in total. The first-order valence-electron chi connectivity index (χ1n) is 2.02. The van der Waals surface area contributed by atoms with E-state index in [1.807, 2.05) is 0 Å². The second kappa shape index (κ2) is 3.01. The monoisotopic (exact) mass is 138 g/mol. The van der Waals surface area contributed by atoms with E-state index in [1.165, 1.54) is 7.11 Å². The van der Waals surface area contributed by atoms with E-state index in [1.54, 1.807) is 0 Å². The van der Waals surface area contributed by atoms with Crippen molar-refractivity contribution >= 4 is 10.0 Å². The van der Waals surface area contributed by atoms with E-state index in [0.717, 1.165) is 0 Å². The van der Waals surface area contributed by atoms with Gasteiger partial charge in [-0.25, -0.2) is 8.42 Å². The largest absolute Gasteiger partial charge is 0.384 e. The molecule has 0 aliphatic carbocycles. The first kappa shape index (κ1) is 7.87. The van der Waals surface area contributed by atoms with Crippen molar-refractivity contribution in [2.45, 2.75) is 0 Å². The molecule has 0 aliphatic rings. The van der Waals surface area contributed by atoms with Crippen LogP contribution in [0.15, 0.2) is 0 Å². The van der Waals surface area contributed by atoms with Crippen molar-refractivity contribution in [3.63, 3.8) is 0 Å². The highest BCUT2D eigenvalue weighted by Gasteiger charge is 2.00. The number of sulfonamides is 1. The third-order valence-corrected chi connectivity index (χ3v) is 1.26. The summed E-state index contributed by atoms with van der Waals surface area (Å²) >= 11 is 0. The predicted octanol–water partition coefficient (Wildman–Crippen LogP) is -0.754. The lowest BCUT2D eigenvalue weighted by atomic mass is 10.9. The zero-order valence-electron chi connectivity index (χ0n) is 4.55. The van der Waals surface area contributed by atoms with Crippen LogP contribution in [0.1, 0.15) is 0 Å². The van der Waals surface area contributed by atoms with Crippen molar-refractivity contribution < 1.29 is 13.2 Å². The summed E-state index contributed by atoms with van der Waals surface area (Å²) in [7, 11) is -2.17. The molecule has 49 valence electrons. The Balaban J connectivity index is 3.42. The van der Waals surface area contributed by atoms with Gasteiger partial charge in [0.2, 0.25) is 10.0 Å². The molecule has 0 atom stereocenters. The number of hydrogen-bond donors (Lipinski definition) is 0. The zero-order valence-corrected chi connectivity index (χ0v) is 5.36. The van der Waals surface area contributed by atoms with E-state index in [2.05, 4.69) is 4.74 Å². The third kappa shape index (κ3) is 5.87. The summed E-state index contributed by atoms with van der Waals surface area (Å²) in [4.78, 5) is 0. The predicted molar refractivity (Wildman–Crippen MR) is 28.8 cm³/mol. The van der Waals surface area contributed by atoms with Crippen LogP contribution < -0.4 is 5.14 Å². The average Bonchev–Trinajstić information content (AvgIpc) is 1.59. The van der Waals surface area contributed by atoms with Crippen LogP contribution in [0, 0.1) is 0 Å². The van der Waals surface area contributed by atoms with Gasteiger partial charge in [0.05, 0.1) is 12.4 Å². The zero-order chi connectivity index (χ0) is 6.62. The summed E-state index contributed by atoms with van der Waals surface area (Å²) in [6.45, 7) is 0.103. The Labute approximate surface area is 48.7 Å². The van der Waals surface area contributed by atoms with Crippen molar-refractivity contribution in [1.82, 2.24) is 5.14 Å². The SMILES string of the molecule is COCCS([NH])(=O)=O. The van der Waals surface area contributed by atoms with Crippen molar-refractivity contribution in [2.24, 2.45) is 0 Å². The van der Waals surface area contributed by atoms with Crippen LogP contribution in [-0.4, -0.2) is 27.9 Å². The van der Waals surface area contributed by atoms with Gasteiger partial charge < -0.3 is 4.74 Å². The summed E-state index contributed by atoms with van der Waals surface area (Å²) in [5.74, 6) is -0.219. The molecular formula is C3H8NO3S. The summed E-state index contributed by atoms with van der Waals surface area (Å²) < 4.78 is 24.4. The highest BCUT2D eigenvalue weighted by molar-refractivity contribution is 7.88. The maximum absolute atomic E-state index is 9.98. The molecular weight excluding hydrogens is 130 g/mol. The van der Waals surface area contributed by atoms with E-state index in [0.29, 0.717) is 0 Å². The van der Waals surface area contributed by atoms with Crippen LogP contribution in [0.25, 0.3) is 0 Å². The molecule has 0 aromatic rings. The van der Waals surface area contributed by atoms with Gasteiger partial charge in [-0.05, 0) is 0 Å². The summed E-state index contributed by atoms with van der Waals surface area (Å²) in [5, 5.41) is 6.33. The maximum Gasteiger partial charge on any atom is 0.227 e. The smallest absolute Gasteiger partial charge is 0.227 e. The first-order chi connectivity index (χ1) is 3.56. The van der Waals surface area contributed by atoms with Gasteiger partial charge in [0, 0.05) is 7.11 Å². The fourth-order valence-corrected chi connectivity index (χ4v) is 0.579. The first-order valence-corrected chi connectivity index (χ1v) is 3.68. The number of methoxy groups -OCH3 is 1. The maximum atomic E-state index is 9.98. The van der Waals surface area contributed by atoms with Crippen LogP contribution in [0.2, 0.25) is 0 Å². The second-order valence-corrected chi connectivity index (χ2v) is 2.95. The van der Waals surface area contributed by atoms with E-state index < -0.39 is 10.0 Å². The quantitative estimate of drug-likeness (QED) is 0.515. The minimum atomic E-state index is -3.56. The van der Waals surface area contributed by atoms with Gasteiger partial charge in [0.1, 0.15) is 0 Å². The van der Waals surface area contributed by atoms with Crippen LogP contribution in [0.5, 0.6) is 0 Å². The van der Waals surface area contributed by atoms with Crippen LogP contribution in [-0.2, 0) is 14.8 Å². The third-order valence-electron chi connectivity index (χ3n) is 0.556. The van der Waals surface area contributed by atoms with Crippen LogP contribution in [0.3, 0.4) is 0 Å². The molecule has 0 bridgehead atoms. The molecule has 0 unspecified atom stereocenters. The minimum absolute atomic E-state index is 0.103. The van der Waals surface area contributed by atoms with Crippen LogP contribution in [0.4, 0.5) is 0 Å². The molecule has 0 rings (SSSR count). The van der Waals surface area contributed by atoms with E-state index in [4.69, 9.17) is 5.14 Å². The van der Waals surface area contributed by atoms with E-state index in [9.17, 15) is 8.42 Å². The fourth-order valence-electron chi connectivity index (χ4n) is 0.193. The van der Waals surface area contributed by atoms with Crippen molar-refractivity contribution in [1.29, 1.82) is 0 Å². The lowest BCUT2D eigenvalue weighted by Gasteiger charge is -1.92. The Hall–Kier alpha value is -0.130. The van der Waals surface area contributed by atoms with Gasteiger partial charge in [0.25, 0.3) is 0 Å². The molecule has 1 radical (unpaired) electrons. The number of ether oxygens (including phenoxy) is 1. The highest BCUT2D eigenvalue weighted by Crippen LogP contribution is 1.78. The average molecular weight is 138 g/mol. The lowest BCUT2D eigenvalue weighted by molar-refractivity contribution is 0.217. The van der Waals surface area contributed by atoms with Gasteiger partial charge >= 0.3 is 0 Å². The Morgan fingerprint density at radius 1 is 1.62 bits per heavy atom. The molecule has 0 heterocycles. The molecule has 0 spiro atoms. The molecule has 0 aromatic carbocycles. The lowest BCUT2D eigenvalue weighted by Crippen LogP contribution is -2.10. The molecule has 0 saturated carbocycles. The Kier molecular flexibility index (Phi) is 2.96. The summed E-state index contributed by atoms with van der Waals surface area (Å²) in [6, 6.07) is 0. The number of nitrogens with one attached hydrogen (secondary N) is 1. The van der Waals surface area contributed by atoms with Gasteiger partial charge in [-0.2, -0.15) is 0 Å². The Bertz CT molecular complexity index is 139. The van der Waals surface area contributed by atoms with E-state index >= 15 is 0 Å². The van der Waals surface area contributed by atoms with Crippen LogP contribution >= 0.6 is 0 Å². The van der Waals surface area contributed by atoms with E-state index in [-0.39, 0.29) is 12.4 Å². The highest BCUT2D eigenvalue weighted by atomic mass is 32.2. The van der Waals surface area contributed by atoms with Crippen molar-refractivity contribution in [2.75, 3.05) is 19.5 Å². The molecule has 0 amide bonds. The number of rotatable bonds is 3. The molecule has 0 fully saturated rings. The molecule has 8 heavy (non-hydrogen) atoms. The molecule has 5 heteroatoms. The van der Waals surface area contributed by atoms with Gasteiger partial charge in [-0.15, -0.1) is 5.14 Å². The Morgan fingerprint density at radius 3 is 2.25 bits per heavy atom. The Morgan fingerprint density at radius 2 is 2.12 bits per heavy atom. The fraction of sp³-hybridized carbons (Fsp3) is 1.00. The van der Waals surface area contributed by atoms with Gasteiger partial charge in [-0.3, -0.25) is 0 Å². The number of hydrogen-bond acceptors (Lipinski definition) is 3. The molecule has 0 saturated heterocycles. The molecule has 0 aliphatic heterocycles. The van der Waals surface area contributed by atoms with Gasteiger partial charge in [-0.1, -0.05) is 0 Å². The minimum Gasteiger partial charge on any atom is -0.384 e. The normalized spacial score (nSPS) is 11.8. The van der Waals surface area contributed by atoms with Crippen molar-refractivity contribution in [3.8, 4) is 0 Å². The van der Waals surface area contributed by atoms with Gasteiger partial charge in [0.15, 0.2) is 0 Å². The standard InChI is InChI=1S/C3H8NO3S/c1-7-2-3-8(4,5)6/h4H,2-3H2,1H3. The second-order valence-electron chi connectivity index (χ2n) is 1.31. The molecule has 0 aromatic heterocycles. The topological polar surface area (TPSA) is 67.2 Å². The summed E-state index contributed by atoms with van der Waals surface area (Å²) in [6.07, 6.45) is 0. The summed E-state index contributed by atoms with van der Waals surface area (Å²) in [5.41, 5.74) is 0. The van der Waals surface area contributed by atoms with Crippen molar-refractivity contribution in [3.05, 3.63) is 0 Å².